The molecule has 3 nitrogen and oxygen atoms in total. The van der Waals surface area contributed by atoms with Crippen LogP contribution < -0.4 is 0 Å². The maximum atomic E-state index is 12.4. The van der Waals surface area contributed by atoms with Gasteiger partial charge >= 0.3 is 0 Å². The largest absolute Gasteiger partial charge is 0.396 e. The number of piperidine rings is 1. The maximum absolute atomic E-state index is 12.4. The van der Waals surface area contributed by atoms with Gasteiger partial charge in [-0.1, -0.05) is 11.6 Å². The Labute approximate surface area is 117 Å². The molecule has 0 bridgehead atoms. The fourth-order valence-electron chi connectivity index (χ4n) is 2.25. The van der Waals surface area contributed by atoms with E-state index in [9.17, 15) is 9.90 Å². The van der Waals surface area contributed by atoms with E-state index in [1.807, 2.05) is 0 Å². The van der Waals surface area contributed by atoms with Gasteiger partial charge in [0, 0.05) is 24.6 Å². The number of halogens is 1. The van der Waals surface area contributed by atoms with Crippen LogP contribution in [-0.2, 0) is 0 Å². The summed E-state index contributed by atoms with van der Waals surface area (Å²) in [5, 5.41) is 9.63. The Morgan fingerprint density at radius 2 is 2.33 bits per heavy atom. The SMILES string of the molecule is O=C(c1cc(S)ccc1Cl)N1CCCC(CO)C1. The molecule has 1 aliphatic rings. The highest BCUT2D eigenvalue weighted by atomic mass is 35.5. The van der Waals surface area contributed by atoms with Crippen LogP contribution in [0.1, 0.15) is 23.2 Å². The summed E-state index contributed by atoms with van der Waals surface area (Å²) in [5.74, 6) is 0.106. The second kappa shape index (κ2) is 5.95. The van der Waals surface area contributed by atoms with Crippen LogP contribution in [0.25, 0.3) is 0 Å². The highest BCUT2D eigenvalue weighted by Crippen LogP contribution is 2.24. The molecule has 1 N–H and O–H groups in total. The fourth-order valence-corrected chi connectivity index (χ4v) is 2.65. The number of nitrogens with zero attached hydrogens (tertiary/aromatic N) is 1. The summed E-state index contributed by atoms with van der Waals surface area (Å²) in [6, 6.07) is 5.13. The number of hydrogen-bond acceptors (Lipinski definition) is 3. The molecule has 0 spiro atoms. The van der Waals surface area contributed by atoms with Crippen molar-refractivity contribution in [3.8, 4) is 0 Å². The quantitative estimate of drug-likeness (QED) is 0.820. The summed E-state index contributed by atoms with van der Waals surface area (Å²) in [6.45, 7) is 1.45. The van der Waals surface area contributed by atoms with E-state index < -0.39 is 0 Å². The van der Waals surface area contributed by atoms with Gasteiger partial charge in [0.2, 0.25) is 0 Å². The number of carbonyl (C=O) groups excluding carboxylic acids is 1. The maximum Gasteiger partial charge on any atom is 0.255 e. The molecule has 1 heterocycles. The molecule has 98 valence electrons. The number of hydrogen-bond donors (Lipinski definition) is 2. The van der Waals surface area contributed by atoms with Crippen molar-refractivity contribution in [2.75, 3.05) is 19.7 Å². The van der Waals surface area contributed by atoms with Gasteiger partial charge in [0.15, 0.2) is 0 Å². The van der Waals surface area contributed by atoms with Crippen LogP contribution in [0.4, 0.5) is 0 Å². The number of rotatable bonds is 2. The van der Waals surface area contributed by atoms with E-state index >= 15 is 0 Å². The third kappa shape index (κ3) is 2.99. The van der Waals surface area contributed by atoms with Gasteiger partial charge in [-0.2, -0.15) is 0 Å². The van der Waals surface area contributed by atoms with Crippen molar-refractivity contribution in [2.24, 2.45) is 5.92 Å². The minimum absolute atomic E-state index is 0.0750. The molecule has 0 aliphatic carbocycles. The predicted octanol–water partition coefficient (Wildman–Crippen LogP) is 2.47. The fraction of sp³-hybridized carbons (Fsp3) is 0.462. The normalized spacial score (nSPS) is 19.9. The van der Waals surface area contributed by atoms with E-state index in [4.69, 9.17) is 11.6 Å². The lowest BCUT2D eigenvalue weighted by Gasteiger charge is -2.32. The number of aliphatic hydroxyl groups excluding tert-OH is 1. The highest BCUT2D eigenvalue weighted by molar-refractivity contribution is 7.80. The molecule has 1 atom stereocenters. The predicted molar refractivity (Wildman–Crippen MR) is 74.4 cm³/mol. The van der Waals surface area contributed by atoms with Crippen molar-refractivity contribution < 1.29 is 9.90 Å². The minimum atomic E-state index is -0.0750. The van der Waals surface area contributed by atoms with Gasteiger partial charge in [-0.25, -0.2) is 0 Å². The molecule has 0 saturated carbocycles. The number of carbonyl (C=O) groups is 1. The Balaban J connectivity index is 2.17. The third-order valence-corrected chi connectivity index (χ3v) is 3.85. The lowest BCUT2D eigenvalue weighted by molar-refractivity contribution is 0.0620. The van der Waals surface area contributed by atoms with Gasteiger partial charge in [-0.05, 0) is 37.0 Å². The number of aliphatic hydroxyl groups is 1. The summed E-state index contributed by atoms with van der Waals surface area (Å²) in [7, 11) is 0. The molecule has 2 rings (SSSR count). The van der Waals surface area contributed by atoms with E-state index in [1.165, 1.54) is 0 Å². The zero-order valence-electron chi connectivity index (χ0n) is 9.97. The first-order chi connectivity index (χ1) is 8.61. The van der Waals surface area contributed by atoms with Gasteiger partial charge in [-0.3, -0.25) is 4.79 Å². The summed E-state index contributed by atoms with van der Waals surface area (Å²) in [6.07, 6.45) is 1.90. The number of amides is 1. The smallest absolute Gasteiger partial charge is 0.255 e. The van der Waals surface area contributed by atoms with Gasteiger partial charge < -0.3 is 10.0 Å². The zero-order chi connectivity index (χ0) is 13.1. The van der Waals surface area contributed by atoms with Crippen molar-refractivity contribution in [3.63, 3.8) is 0 Å². The first-order valence-corrected chi connectivity index (χ1v) is 6.83. The molecule has 1 aromatic carbocycles. The summed E-state index contributed by atoms with van der Waals surface area (Å²) >= 11 is 10.3. The Bertz CT molecular complexity index is 453. The van der Waals surface area contributed by atoms with Crippen LogP contribution >= 0.6 is 24.2 Å². The summed E-state index contributed by atoms with van der Waals surface area (Å²) in [4.78, 5) is 14.8. The minimum Gasteiger partial charge on any atom is -0.396 e. The van der Waals surface area contributed by atoms with E-state index in [1.54, 1.807) is 23.1 Å². The molecule has 18 heavy (non-hydrogen) atoms. The first-order valence-electron chi connectivity index (χ1n) is 6.00. The molecule has 0 aromatic heterocycles. The van der Waals surface area contributed by atoms with Crippen molar-refractivity contribution in [1.29, 1.82) is 0 Å². The van der Waals surface area contributed by atoms with Crippen molar-refractivity contribution in [3.05, 3.63) is 28.8 Å². The Morgan fingerprint density at radius 3 is 3.06 bits per heavy atom. The van der Waals surface area contributed by atoms with Crippen LogP contribution in [0, 0.1) is 5.92 Å². The van der Waals surface area contributed by atoms with E-state index in [0.717, 1.165) is 24.3 Å². The monoisotopic (exact) mass is 285 g/mol. The van der Waals surface area contributed by atoms with E-state index in [-0.39, 0.29) is 18.4 Å². The average Bonchev–Trinajstić information content (AvgIpc) is 2.41. The lowest BCUT2D eigenvalue weighted by Crippen LogP contribution is -2.41. The van der Waals surface area contributed by atoms with Crippen LogP contribution in [-0.4, -0.2) is 35.6 Å². The van der Waals surface area contributed by atoms with Gasteiger partial charge in [0.25, 0.3) is 5.91 Å². The van der Waals surface area contributed by atoms with E-state index in [2.05, 4.69) is 12.6 Å². The summed E-state index contributed by atoms with van der Waals surface area (Å²) < 4.78 is 0. The van der Waals surface area contributed by atoms with Crippen molar-refractivity contribution >= 4 is 30.1 Å². The lowest BCUT2D eigenvalue weighted by atomic mass is 9.98. The standard InChI is InChI=1S/C13H16ClNO2S/c14-12-4-3-10(18)6-11(12)13(17)15-5-1-2-9(7-15)8-16/h3-4,6,9,16,18H,1-2,5,7-8H2. The Hall–Kier alpha value is -0.710. The topological polar surface area (TPSA) is 40.5 Å². The van der Waals surface area contributed by atoms with Crippen molar-refractivity contribution in [1.82, 2.24) is 4.90 Å². The molecule has 1 saturated heterocycles. The molecule has 5 heteroatoms. The molecule has 1 unspecified atom stereocenters. The highest BCUT2D eigenvalue weighted by Gasteiger charge is 2.25. The molecular formula is C13H16ClNO2S. The average molecular weight is 286 g/mol. The zero-order valence-corrected chi connectivity index (χ0v) is 11.6. The van der Waals surface area contributed by atoms with Crippen LogP contribution in [0.3, 0.4) is 0 Å². The molecule has 0 radical (unpaired) electrons. The molecule has 1 amide bonds. The molecular weight excluding hydrogens is 270 g/mol. The van der Waals surface area contributed by atoms with Crippen molar-refractivity contribution in [2.45, 2.75) is 17.7 Å². The number of benzene rings is 1. The van der Waals surface area contributed by atoms with Gasteiger partial charge in [-0.15, -0.1) is 12.6 Å². The Kier molecular flexibility index (Phi) is 4.54. The van der Waals surface area contributed by atoms with Crippen LogP contribution in [0.5, 0.6) is 0 Å². The molecule has 1 aliphatic heterocycles. The van der Waals surface area contributed by atoms with Crippen LogP contribution in [0.2, 0.25) is 5.02 Å². The summed E-state index contributed by atoms with van der Waals surface area (Å²) in [5.41, 5.74) is 0.489. The molecule has 1 aromatic rings. The Morgan fingerprint density at radius 1 is 1.56 bits per heavy atom. The van der Waals surface area contributed by atoms with Gasteiger partial charge in [0.1, 0.15) is 0 Å². The first kappa shape index (κ1) is 13.7. The third-order valence-electron chi connectivity index (χ3n) is 3.24. The molecule has 1 fully saturated rings. The van der Waals surface area contributed by atoms with E-state index in [0.29, 0.717) is 17.1 Å². The number of thiol groups is 1. The second-order valence-corrected chi connectivity index (χ2v) is 5.53. The van der Waals surface area contributed by atoms with Gasteiger partial charge in [0.05, 0.1) is 10.6 Å². The number of likely N-dealkylation sites (tertiary alicyclic amines) is 1. The second-order valence-electron chi connectivity index (χ2n) is 4.61. The van der Waals surface area contributed by atoms with Crippen LogP contribution in [0.15, 0.2) is 23.1 Å².